The quantitative estimate of drug-likeness (QED) is 0.626. The first-order valence-electron chi connectivity index (χ1n) is 7.78. The molecule has 0 aromatic heterocycles. The molecule has 1 N–H and O–H groups in total. The van der Waals surface area contributed by atoms with Crippen molar-refractivity contribution in [3.63, 3.8) is 0 Å². The standard InChI is InChI=1S/C19H21ClN2O2/c1-13-11-17(20)9-10-18(13)24-15(3)19(23)22-21-12-14(2)16-7-5-4-6-8-16/h4-12,14-15H,1-3H3,(H,22,23)/b21-12+. The molecule has 5 heteroatoms. The summed E-state index contributed by atoms with van der Waals surface area (Å²) in [5.74, 6) is 0.436. The molecule has 1 amide bonds. The van der Waals surface area contributed by atoms with Crippen molar-refractivity contribution < 1.29 is 9.53 Å². The number of hydrogen-bond donors (Lipinski definition) is 1. The second-order valence-electron chi connectivity index (χ2n) is 5.62. The summed E-state index contributed by atoms with van der Waals surface area (Å²) in [4.78, 5) is 12.1. The number of rotatable bonds is 6. The fraction of sp³-hybridized carbons (Fsp3) is 0.263. The van der Waals surface area contributed by atoms with E-state index in [2.05, 4.69) is 10.5 Å². The van der Waals surface area contributed by atoms with E-state index in [4.69, 9.17) is 16.3 Å². The number of halogens is 1. The monoisotopic (exact) mass is 344 g/mol. The van der Waals surface area contributed by atoms with Crippen LogP contribution in [-0.4, -0.2) is 18.2 Å². The van der Waals surface area contributed by atoms with Gasteiger partial charge in [0.15, 0.2) is 6.10 Å². The van der Waals surface area contributed by atoms with Crippen LogP contribution >= 0.6 is 11.6 Å². The minimum absolute atomic E-state index is 0.112. The van der Waals surface area contributed by atoms with Crippen molar-refractivity contribution in [1.82, 2.24) is 5.43 Å². The van der Waals surface area contributed by atoms with E-state index >= 15 is 0 Å². The Morgan fingerprint density at radius 3 is 2.58 bits per heavy atom. The highest BCUT2D eigenvalue weighted by Gasteiger charge is 2.15. The average Bonchev–Trinajstić information content (AvgIpc) is 2.57. The maximum Gasteiger partial charge on any atom is 0.280 e. The van der Waals surface area contributed by atoms with Crippen molar-refractivity contribution >= 4 is 23.7 Å². The highest BCUT2D eigenvalue weighted by molar-refractivity contribution is 6.30. The van der Waals surface area contributed by atoms with Gasteiger partial charge >= 0.3 is 0 Å². The van der Waals surface area contributed by atoms with Crippen molar-refractivity contribution in [2.75, 3.05) is 0 Å². The normalized spacial score (nSPS) is 13.5. The lowest BCUT2D eigenvalue weighted by molar-refractivity contribution is -0.127. The number of nitrogens with one attached hydrogen (secondary N) is 1. The number of hydrazone groups is 1. The predicted molar refractivity (Wildman–Crippen MR) is 97.8 cm³/mol. The van der Waals surface area contributed by atoms with Gasteiger partial charge in [-0.25, -0.2) is 5.43 Å². The summed E-state index contributed by atoms with van der Waals surface area (Å²) in [5, 5.41) is 4.66. The Balaban J connectivity index is 1.88. The van der Waals surface area contributed by atoms with Crippen molar-refractivity contribution in [3.8, 4) is 5.75 Å². The van der Waals surface area contributed by atoms with Gasteiger partial charge in [0.05, 0.1) is 0 Å². The van der Waals surface area contributed by atoms with Gasteiger partial charge < -0.3 is 4.74 Å². The number of hydrogen-bond acceptors (Lipinski definition) is 3. The second kappa shape index (κ2) is 8.50. The van der Waals surface area contributed by atoms with Crippen molar-refractivity contribution in [2.24, 2.45) is 5.10 Å². The van der Waals surface area contributed by atoms with Crippen LogP contribution in [0.5, 0.6) is 5.75 Å². The molecule has 0 radical (unpaired) electrons. The van der Waals surface area contributed by atoms with Gasteiger partial charge in [-0.15, -0.1) is 0 Å². The van der Waals surface area contributed by atoms with Gasteiger partial charge in [0.2, 0.25) is 0 Å². The van der Waals surface area contributed by atoms with Crippen molar-refractivity contribution in [1.29, 1.82) is 0 Å². The molecule has 0 bridgehead atoms. The summed E-state index contributed by atoms with van der Waals surface area (Å²) in [6.45, 7) is 5.58. The minimum atomic E-state index is -0.658. The third-order valence-corrected chi connectivity index (χ3v) is 3.84. The number of aryl methyl sites for hydroxylation is 1. The Hall–Kier alpha value is -2.33. The maximum absolute atomic E-state index is 12.1. The fourth-order valence-electron chi connectivity index (χ4n) is 2.14. The van der Waals surface area contributed by atoms with Gasteiger partial charge in [0.25, 0.3) is 5.91 Å². The van der Waals surface area contributed by atoms with Crippen LogP contribution in [-0.2, 0) is 4.79 Å². The molecule has 0 saturated carbocycles. The summed E-state index contributed by atoms with van der Waals surface area (Å²) >= 11 is 5.91. The number of amides is 1. The summed E-state index contributed by atoms with van der Waals surface area (Å²) in [7, 11) is 0. The molecular formula is C19H21ClN2O2. The number of carbonyl (C=O) groups is 1. The summed E-state index contributed by atoms with van der Waals surface area (Å²) in [6.07, 6.45) is 1.04. The maximum atomic E-state index is 12.1. The van der Waals surface area contributed by atoms with E-state index < -0.39 is 6.10 Å². The predicted octanol–water partition coefficient (Wildman–Crippen LogP) is 4.32. The van der Waals surface area contributed by atoms with Crippen molar-refractivity contribution in [2.45, 2.75) is 32.8 Å². The first-order chi connectivity index (χ1) is 11.5. The van der Waals surface area contributed by atoms with Crippen LogP contribution in [0.4, 0.5) is 0 Å². The number of ether oxygens (including phenoxy) is 1. The van der Waals surface area contributed by atoms with Crippen LogP contribution in [0.2, 0.25) is 5.02 Å². The Morgan fingerprint density at radius 1 is 1.21 bits per heavy atom. The van der Waals surface area contributed by atoms with E-state index in [1.807, 2.05) is 44.2 Å². The number of carbonyl (C=O) groups excluding carboxylic acids is 1. The van der Waals surface area contributed by atoms with Crippen LogP contribution < -0.4 is 10.2 Å². The van der Waals surface area contributed by atoms with Crippen LogP contribution in [0, 0.1) is 6.92 Å². The Bertz CT molecular complexity index is 717. The molecule has 2 unspecified atom stereocenters. The third kappa shape index (κ3) is 5.10. The molecule has 126 valence electrons. The minimum Gasteiger partial charge on any atom is -0.481 e. The molecule has 2 atom stereocenters. The van der Waals surface area contributed by atoms with Crippen molar-refractivity contribution in [3.05, 3.63) is 64.7 Å². The Kier molecular flexibility index (Phi) is 6.38. The lowest BCUT2D eigenvalue weighted by Crippen LogP contribution is -2.33. The number of benzene rings is 2. The van der Waals surface area contributed by atoms with Crippen LogP contribution in [0.1, 0.15) is 30.9 Å². The zero-order valence-corrected chi connectivity index (χ0v) is 14.7. The summed E-state index contributed by atoms with van der Waals surface area (Å²) in [5.41, 5.74) is 4.53. The average molecular weight is 345 g/mol. The molecule has 0 aliphatic heterocycles. The molecule has 2 rings (SSSR count). The smallest absolute Gasteiger partial charge is 0.280 e. The highest BCUT2D eigenvalue weighted by atomic mass is 35.5. The summed E-state index contributed by atoms with van der Waals surface area (Å²) in [6, 6.07) is 15.2. The van der Waals surface area contributed by atoms with Gasteiger partial charge in [-0.3, -0.25) is 4.79 Å². The third-order valence-electron chi connectivity index (χ3n) is 3.61. The molecule has 0 spiro atoms. The SMILES string of the molecule is Cc1cc(Cl)ccc1OC(C)C(=O)N/N=C/C(C)c1ccccc1. The van der Waals surface area contributed by atoms with E-state index in [1.54, 1.807) is 31.3 Å². The fourth-order valence-corrected chi connectivity index (χ4v) is 2.36. The zero-order valence-electron chi connectivity index (χ0n) is 14.0. The van der Waals surface area contributed by atoms with Gasteiger partial charge in [0, 0.05) is 17.2 Å². The van der Waals surface area contributed by atoms with Crippen LogP contribution in [0.25, 0.3) is 0 Å². The van der Waals surface area contributed by atoms with Crippen LogP contribution in [0.3, 0.4) is 0 Å². The number of nitrogens with zero attached hydrogens (tertiary/aromatic N) is 1. The van der Waals surface area contributed by atoms with Gasteiger partial charge in [-0.1, -0.05) is 48.9 Å². The van der Waals surface area contributed by atoms with E-state index in [0.717, 1.165) is 11.1 Å². The molecule has 0 saturated heterocycles. The van der Waals surface area contributed by atoms with Gasteiger partial charge in [-0.05, 0) is 43.2 Å². The summed E-state index contributed by atoms with van der Waals surface area (Å²) < 4.78 is 5.66. The van der Waals surface area contributed by atoms with E-state index in [1.165, 1.54) is 0 Å². The zero-order chi connectivity index (χ0) is 17.5. The van der Waals surface area contributed by atoms with Gasteiger partial charge in [-0.2, -0.15) is 5.10 Å². The molecule has 0 aliphatic carbocycles. The molecule has 4 nitrogen and oxygen atoms in total. The molecule has 2 aromatic carbocycles. The molecule has 2 aromatic rings. The highest BCUT2D eigenvalue weighted by Crippen LogP contribution is 2.22. The first kappa shape index (κ1) is 18.0. The molecule has 24 heavy (non-hydrogen) atoms. The lowest BCUT2D eigenvalue weighted by Gasteiger charge is -2.15. The molecule has 0 heterocycles. The van der Waals surface area contributed by atoms with E-state index in [-0.39, 0.29) is 11.8 Å². The largest absolute Gasteiger partial charge is 0.481 e. The second-order valence-corrected chi connectivity index (χ2v) is 6.06. The molecular weight excluding hydrogens is 324 g/mol. The van der Waals surface area contributed by atoms with Crippen LogP contribution in [0.15, 0.2) is 53.6 Å². The van der Waals surface area contributed by atoms with E-state index in [9.17, 15) is 4.79 Å². The Morgan fingerprint density at radius 2 is 1.92 bits per heavy atom. The molecule has 0 aliphatic rings. The first-order valence-corrected chi connectivity index (χ1v) is 8.16. The van der Waals surface area contributed by atoms with E-state index in [0.29, 0.717) is 10.8 Å². The van der Waals surface area contributed by atoms with Gasteiger partial charge in [0.1, 0.15) is 5.75 Å². The lowest BCUT2D eigenvalue weighted by atomic mass is 10.0. The topological polar surface area (TPSA) is 50.7 Å². The molecule has 0 fully saturated rings. The Labute approximate surface area is 147 Å².